The van der Waals surface area contributed by atoms with Crippen LogP contribution in [0.4, 0.5) is 0 Å². The summed E-state index contributed by atoms with van der Waals surface area (Å²) in [4.78, 5) is 32.0. The molecule has 1 aromatic carbocycles. The molecule has 3 fully saturated rings. The average molecular weight is 401 g/mol. The Morgan fingerprint density at radius 3 is 2.69 bits per heavy atom. The number of nitrogens with zero attached hydrogens (tertiary/aromatic N) is 3. The van der Waals surface area contributed by atoms with E-state index in [2.05, 4.69) is 34.3 Å². The molecule has 0 aliphatic carbocycles. The molecule has 7 heteroatoms. The Morgan fingerprint density at radius 2 is 1.93 bits per heavy atom. The van der Waals surface area contributed by atoms with Gasteiger partial charge in [0.2, 0.25) is 11.8 Å². The van der Waals surface area contributed by atoms with E-state index >= 15 is 0 Å². The number of hydrogen-bond acceptors (Lipinski definition) is 5. The second-order valence-corrected chi connectivity index (χ2v) is 8.35. The summed E-state index contributed by atoms with van der Waals surface area (Å²) in [6.45, 7) is 4.96. The number of hydrogen-bond donors (Lipinski definition) is 1. The van der Waals surface area contributed by atoms with E-state index < -0.39 is 0 Å². The summed E-state index contributed by atoms with van der Waals surface area (Å²) in [6, 6.07) is 10.6. The van der Waals surface area contributed by atoms with Crippen LogP contribution in [-0.4, -0.2) is 91.1 Å². The maximum absolute atomic E-state index is 12.9. The Morgan fingerprint density at radius 1 is 1.17 bits per heavy atom. The zero-order valence-corrected chi connectivity index (χ0v) is 17.3. The van der Waals surface area contributed by atoms with Crippen LogP contribution < -0.4 is 5.32 Å². The van der Waals surface area contributed by atoms with Crippen molar-refractivity contribution < 1.29 is 14.3 Å². The van der Waals surface area contributed by atoms with Gasteiger partial charge in [-0.3, -0.25) is 19.4 Å². The Bertz CT molecular complexity index is 707. The lowest BCUT2D eigenvalue weighted by molar-refractivity contribution is -0.135. The predicted molar refractivity (Wildman–Crippen MR) is 110 cm³/mol. The highest BCUT2D eigenvalue weighted by Gasteiger charge is 2.44. The van der Waals surface area contributed by atoms with Gasteiger partial charge in [-0.1, -0.05) is 30.3 Å². The number of rotatable bonds is 5. The molecule has 2 amide bonds. The van der Waals surface area contributed by atoms with Gasteiger partial charge in [-0.05, 0) is 25.5 Å². The minimum absolute atomic E-state index is 0.122. The molecule has 0 aromatic heterocycles. The first kappa shape index (κ1) is 20.3. The van der Waals surface area contributed by atoms with Crippen LogP contribution in [0.2, 0.25) is 0 Å². The van der Waals surface area contributed by atoms with Gasteiger partial charge in [0, 0.05) is 51.2 Å². The van der Waals surface area contributed by atoms with E-state index in [4.69, 9.17) is 4.74 Å². The number of amides is 2. The summed E-state index contributed by atoms with van der Waals surface area (Å²) in [5.74, 6) is 0.322. The Labute approximate surface area is 173 Å². The van der Waals surface area contributed by atoms with Gasteiger partial charge in [0.25, 0.3) is 0 Å². The Balaban J connectivity index is 1.37. The summed E-state index contributed by atoms with van der Waals surface area (Å²) in [5.41, 5.74) is 1.24. The predicted octanol–water partition coefficient (Wildman–Crippen LogP) is 0.699. The fourth-order valence-corrected chi connectivity index (χ4v) is 4.91. The second kappa shape index (κ2) is 9.24. The van der Waals surface area contributed by atoms with Crippen LogP contribution in [0.15, 0.2) is 30.3 Å². The molecule has 158 valence electrons. The number of nitrogens with one attached hydrogen (secondary N) is 1. The van der Waals surface area contributed by atoms with Gasteiger partial charge in [-0.25, -0.2) is 0 Å². The van der Waals surface area contributed by atoms with Crippen LogP contribution in [0.25, 0.3) is 0 Å². The third-order valence-electron chi connectivity index (χ3n) is 6.63. The molecule has 4 rings (SSSR count). The third-order valence-corrected chi connectivity index (χ3v) is 6.63. The van der Waals surface area contributed by atoms with E-state index in [1.165, 1.54) is 5.56 Å². The highest BCUT2D eigenvalue weighted by molar-refractivity contribution is 5.83. The lowest BCUT2D eigenvalue weighted by atomic mass is 10.0. The molecule has 3 aliphatic rings. The van der Waals surface area contributed by atoms with Crippen LogP contribution in [0, 0.1) is 0 Å². The van der Waals surface area contributed by atoms with Gasteiger partial charge < -0.3 is 15.0 Å². The largest absolute Gasteiger partial charge is 0.378 e. The molecule has 3 saturated heterocycles. The summed E-state index contributed by atoms with van der Waals surface area (Å²) >= 11 is 0. The first-order valence-corrected chi connectivity index (χ1v) is 10.8. The van der Waals surface area contributed by atoms with Crippen LogP contribution in [0.1, 0.15) is 24.8 Å². The molecule has 29 heavy (non-hydrogen) atoms. The van der Waals surface area contributed by atoms with Crippen molar-refractivity contribution >= 4 is 11.8 Å². The molecule has 7 nitrogen and oxygen atoms in total. The van der Waals surface area contributed by atoms with Gasteiger partial charge in [-0.15, -0.1) is 0 Å². The molecule has 1 aromatic rings. The van der Waals surface area contributed by atoms with Crippen molar-refractivity contribution in [2.24, 2.45) is 0 Å². The van der Waals surface area contributed by atoms with Crippen LogP contribution >= 0.6 is 0 Å². The topological polar surface area (TPSA) is 65.1 Å². The molecule has 3 atom stereocenters. The van der Waals surface area contributed by atoms with Gasteiger partial charge >= 0.3 is 0 Å². The Hall–Kier alpha value is -1.96. The SMILES string of the molecule is CN1[C@@H](CCC(=O)N2CCOCC2)CNC(=O)[C@@H]2[C@H]1CCN2Cc1ccccc1. The second-order valence-electron chi connectivity index (χ2n) is 8.35. The summed E-state index contributed by atoms with van der Waals surface area (Å²) < 4.78 is 5.34. The molecule has 0 spiro atoms. The average Bonchev–Trinajstić information content (AvgIpc) is 3.13. The number of benzene rings is 1. The fraction of sp³-hybridized carbons (Fsp3) is 0.636. The molecule has 0 saturated carbocycles. The minimum atomic E-state index is -0.125. The van der Waals surface area contributed by atoms with Crippen molar-refractivity contribution in [1.29, 1.82) is 0 Å². The van der Waals surface area contributed by atoms with Crippen molar-refractivity contribution in [3.63, 3.8) is 0 Å². The van der Waals surface area contributed by atoms with Crippen molar-refractivity contribution in [1.82, 2.24) is 20.0 Å². The van der Waals surface area contributed by atoms with E-state index in [0.717, 1.165) is 25.9 Å². The van der Waals surface area contributed by atoms with E-state index in [-0.39, 0.29) is 29.9 Å². The first-order chi connectivity index (χ1) is 14.1. The van der Waals surface area contributed by atoms with Crippen molar-refractivity contribution in [3.8, 4) is 0 Å². The van der Waals surface area contributed by atoms with E-state index in [1.54, 1.807) is 0 Å². The summed E-state index contributed by atoms with van der Waals surface area (Å²) in [7, 11) is 2.12. The smallest absolute Gasteiger partial charge is 0.239 e. The zero-order chi connectivity index (χ0) is 20.2. The van der Waals surface area contributed by atoms with Crippen molar-refractivity contribution in [3.05, 3.63) is 35.9 Å². The quantitative estimate of drug-likeness (QED) is 0.788. The molecule has 3 aliphatic heterocycles. The molecular weight excluding hydrogens is 368 g/mol. The minimum Gasteiger partial charge on any atom is -0.378 e. The number of ether oxygens (including phenoxy) is 1. The summed E-state index contributed by atoms with van der Waals surface area (Å²) in [5, 5.41) is 3.15. The Kier molecular flexibility index (Phi) is 6.47. The fourth-order valence-electron chi connectivity index (χ4n) is 4.91. The monoisotopic (exact) mass is 400 g/mol. The van der Waals surface area contributed by atoms with E-state index in [1.807, 2.05) is 23.1 Å². The molecule has 0 unspecified atom stereocenters. The van der Waals surface area contributed by atoms with Gasteiger partial charge in [-0.2, -0.15) is 0 Å². The molecule has 0 radical (unpaired) electrons. The number of likely N-dealkylation sites (N-methyl/N-ethyl adjacent to an activating group) is 1. The third kappa shape index (κ3) is 4.63. The highest BCUT2D eigenvalue weighted by atomic mass is 16.5. The van der Waals surface area contributed by atoms with E-state index in [9.17, 15) is 9.59 Å². The number of carbonyl (C=O) groups excluding carboxylic acids is 2. The lowest BCUT2D eigenvalue weighted by Crippen LogP contribution is -2.49. The number of likely N-dealkylation sites (tertiary alicyclic amines) is 1. The lowest BCUT2D eigenvalue weighted by Gasteiger charge is -2.33. The van der Waals surface area contributed by atoms with Gasteiger partial charge in [0.05, 0.1) is 13.2 Å². The maximum atomic E-state index is 12.9. The maximum Gasteiger partial charge on any atom is 0.239 e. The van der Waals surface area contributed by atoms with Crippen LogP contribution in [0.3, 0.4) is 0 Å². The van der Waals surface area contributed by atoms with Gasteiger partial charge in [0.15, 0.2) is 0 Å². The standard InChI is InChI=1S/C22H32N4O3/c1-24-18(7-8-20(27)25-11-13-29-14-12-25)15-23-22(28)21-19(24)9-10-26(21)16-17-5-3-2-4-6-17/h2-6,18-19,21H,7-16H2,1H3,(H,23,28)/t18-,19+,21-/m0/s1. The van der Waals surface area contributed by atoms with Crippen LogP contribution in [0.5, 0.6) is 0 Å². The van der Waals surface area contributed by atoms with Gasteiger partial charge in [0.1, 0.15) is 6.04 Å². The molecule has 1 N–H and O–H groups in total. The van der Waals surface area contributed by atoms with Crippen LogP contribution in [-0.2, 0) is 20.9 Å². The number of morpholine rings is 1. The zero-order valence-electron chi connectivity index (χ0n) is 17.3. The molecule has 3 heterocycles. The summed E-state index contributed by atoms with van der Waals surface area (Å²) in [6.07, 6.45) is 2.28. The van der Waals surface area contributed by atoms with E-state index in [0.29, 0.717) is 39.3 Å². The highest BCUT2D eigenvalue weighted by Crippen LogP contribution is 2.28. The molecular formula is C22H32N4O3. The van der Waals surface area contributed by atoms with Crippen molar-refractivity contribution in [2.75, 3.05) is 46.4 Å². The van der Waals surface area contributed by atoms with Crippen molar-refractivity contribution in [2.45, 2.75) is 43.9 Å². The normalized spacial score (nSPS) is 28.7. The number of fused-ring (bicyclic) bond motifs is 1. The molecule has 0 bridgehead atoms. The number of carbonyl (C=O) groups is 2. The first-order valence-electron chi connectivity index (χ1n) is 10.8.